The number of hydrogen-bond donors (Lipinski definition) is 0. The molecule has 0 bridgehead atoms. The first-order chi connectivity index (χ1) is 13.4. The van der Waals surface area contributed by atoms with E-state index in [9.17, 15) is 9.18 Å². The molecule has 0 aliphatic rings. The van der Waals surface area contributed by atoms with Crippen LogP contribution in [0, 0.1) is 12.7 Å². The molecular weight excluding hydrogens is 401 g/mol. The number of halogens is 2. The average molecular weight is 420 g/mol. The van der Waals surface area contributed by atoms with E-state index in [1.54, 1.807) is 19.2 Å². The first-order valence-corrected chi connectivity index (χ1v) is 10.1. The normalized spacial score (nSPS) is 10.9. The molecule has 0 atom stereocenters. The largest absolute Gasteiger partial charge is 0.337 e. The summed E-state index contributed by atoms with van der Waals surface area (Å²) in [7, 11) is 1.67. The Morgan fingerprint density at radius 2 is 2.07 bits per heavy atom. The van der Waals surface area contributed by atoms with Crippen molar-refractivity contribution in [2.24, 2.45) is 0 Å². The van der Waals surface area contributed by atoms with Crippen molar-refractivity contribution in [1.82, 2.24) is 15.0 Å². The molecule has 0 saturated carbocycles. The molecule has 0 radical (unpaired) electrons. The first-order valence-electron chi connectivity index (χ1n) is 8.58. The van der Waals surface area contributed by atoms with Crippen molar-refractivity contribution in [2.75, 3.05) is 12.8 Å². The molecule has 2 aromatic carbocycles. The third-order valence-electron chi connectivity index (χ3n) is 4.15. The summed E-state index contributed by atoms with van der Waals surface area (Å²) in [4.78, 5) is 18.2. The summed E-state index contributed by atoms with van der Waals surface area (Å²) in [6.07, 6.45) is 0. The summed E-state index contributed by atoms with van der Waals surface area (Å²) >= 11 is 7.08. The molecule has 0 aliphatic carbocycles. The van der Waals surface area contributed by atoms with E-state index in [4.69, 9.17) is 16.1 Å². The summed E-state index contributed by atoms with van der Waals surface area (Å²) < 4.78 is 19.0. The highest BCUT2D eigenvalue weighted by Crippen LogP contribution is 2.21. The Balaban J connectivity index is 1.52. The number of benzene rings is 2. The third kappa shape index (κ3) is 5.11. The van der Waals surface area contributed by atoms with Crippen LogP contribution in [0.25, 0.3) is 11.4 Å². The molecule has 3 rings (SSSR count). The van der Waals surface area contributed by atoms with E-state index in [2.05, 4.69) is 10.1 Å². The lowest BCUT2D eigenvalue weighted by Gasteiger charge is -2.14. The van der Waals surface area contributed by atoms with Gasteiger partial charge in [-0.25, -0.2) is 4.39 Å². The maximum absolute atomic E-state index is 13.8. The SMILES string of the molecule is Cc1ccccc1-c1noc(CN(C)C(=O)CSCc2ccc(Cl)cc2F)n1. The van der Waals surface area contributed by atoms with Gasteiger partial charge in [-0.1, -0.05) is 47.1 Å². The van der Waals surface area contributed by atoms with Crippen molar-refractivity contribution in [3.8, 4) is 11.4 Å². The Morgan fingerprint density at radius 3 is 2.82 bits per heavy atom. The van der Waals surface area contributed by atoms with Crippen LogP contribution in [0.4, 0.5) is 4.39 Å². The molecule has 146 valence electrons. The zero-order valence-corrected chi connectivity index (χ0v) is 17.1. The van der Waals surface area contributed by atoms with Gasteiger partial charge in [0.05, 0.1) is 12.3 Å². The van der Waals surface area contributed by atoms with Gasteiger partial charge in [-0.3, -0.25) is 4.79 Å². The van der Waals surface area contributed by atoms with Gasteiger partial charge in [-0.05, 0) is 30.2 Å². The van der Waals surface area contributed by atoms with Crippen LogP contribution in [-0.2, 0) is 17.1 Å². The zero-order chi connectivity index (χ0) is 20.1. The van der Waals surface area contributed by atoms with Crippen LogP contribution in [-0.4, -0.2) is 33.7 Å². The van der Waals surface area contributed by atoms with Crippen molar-refractivity contribution in [1.29, 1.82) is 0 Å². The van der Waals surface area contributed by atoms with E-state index in [0.717, 1.165) is 11.1 Å². The van der Waals surface area contributed by atoms with Crippen molar-refractivity contribution in [2.45, 2.75) is 19.2 Å². The second kappa shape index (κ2) is 9.21. The highest BCUT2D eigenvalue weighted by atomic mass is 35.5. The van der Waals surface area contributed by atoms with Gasteiger partial charge in [-0.15, -0.1) is 11.8 Å². The lowest BCUT2D eigenvalue weighted by atomic mass is 10.1. The van der Waals surface area contributed by atoms with E-state index in [-0.39, 0.29) is 24.0 Å². The Morgan fingerprint density at radius 1 is 1.29 bits per heavy atom. The first kappa shape index (κ1) is 20.4. The van der Waals surface area contributed by atoms with Crippen molar-refractivity contribution in [3.63, 3.8) is 0 Å². The van der Waals surface area contributed by atoms with Gasteiger partial charge in [0.25, 0.3) is 0 Å². The monoisotopic (exact) mass is 419 g/mol. The molecule has 8 heteroatoms. The fraction of sp³-hybridized carbons (Fsp3) is 0.250. The summed E-state index contributed by atoms with van der Waals surface area (Å²) in [5, 5.41) is 4.35. The maximum Gasteiger partial charge on any atom is 0.246 e. The van der Waals surface area contributed by atoms with Crippen molar-refractivity contribution in [3.05, 3.63) is 70.3 Å². The van der Waals surface area contributed by atoms with Gasteiger partial charge < -0.3 is 9.42 Å². The second-order valence-corrected chi connectivity index (χ2v) is 7.73. The molecule has 1 amide bonds. The molecule has 1 heterocycles. The van der Waals surface area contributed by atoms with Crippen molar-refractivity contribution >= 4 is 29.3 Å². The van der Waals surface area contributed by atoms with Crippen LogP contribution in [0.1, 0.15) is 17.0 Å². The minimum absolute atomic E-state index is 0.102. The van der Waals surface area contributed by atoms with Gasteiger partial charge in [0.1, 0.15) is 5.82 Å². The van der Waals surface area contributed by atoms with Crippen LogP contribution in [0.15, 0.2) is 47.0 Å². The van der Waals surface area contributed by atoms with E-state index in [0.29, 0.717) is 28.1 Å². The van der Waals surface area contributed by atoms with Crippen LogP contribution < -0.4 is 0 Å². The van der Waals surface area contributed by atoms with Crippen LogP contribution in [0.5, 0.6) is 0 Å². The van der Waals surface area contributed by atoms with Gasteiger partial charge in [0.2, 0.25) is 17.6 Å². The predicted molar refractivity (Wildman–Crippen MR) is 109 cm³/mol. The van der Waals surface area contributed by atoms with Gasteiger partial charge in [0.15, 0.2) is 0 Å². The molecule has 0 fully saturated rings. The number of rotatable bonds is 7. The van der Waals surface area contributed by atoms with Crippen LogP contribution in [0.2, 0.25) is 5.02 Å². The fourth-order valence-electron chi connectivity index (χ4n) is 2.54. The lowest BCUT2D eigenvalue weighted by Crippen LogP contribution is -2.28. The maximum atomic E-state index is 13.8. The van der Waals surface area contributed by atoms with Gasteiger partial charge in [-0.2, -0.15) is 4.98 Å². The number of hydrogen-bond acceptors (Lipinski definition) is 5. The summed E-state index contributed by atoms with van der Waals surface area (Å²) in [5.41, 5.74) is 2.46. The highest BCUT2D eigenvalue weighted by molar-refractivity contribution is 7.99. The van der Waals surface area contributed by atoms with Gasteiger partial charge >= 0.3 is 0 Å². The summed E-state index contributed by atoms with van der Waals surface area (Å²) in [6.45, 7) is 2.19. The van der Waals surface area contributed by atoms with E-state index in [1.807, 2.05) is 31.2 Å². The molecule has 5 nitrogen and oxygen atoms in total. The number of nitrogens with zero attached hydrogens (tertiary/aromatic N) is 3. The number of aryl methyl sites for hydroxylation is 1. The molecular formula is C20H19ClFN3O2S. The third-order valence-corrected chi connectivity index (χ3v) is 5.35. The number of aromatic nitrogens is 2. The number of amides is 1. The molecule has 0 aliphatic heterocycles. The number of carbonyl (C=O) groups excluding carboxylic acids is 1. The summed E-state index contributed by atoms with van der Waals surface area (Å²) in [6, 6.07) is 12.3. The van der Waals surface area contributed by atoms with E-state index >= 15 is 0 Å². The standard InChI is InChI=1S/C20H19ClFN3O2S/c1-13-5-3-4-6-16(13)20-23-18(27-24-20)10-25(2)19(26)12-28-11-14-7-8-15(21)9-17(14)22/h3-9H,10-12H2,1-2H3. The van der Waals surface area contributed by atoms with E-state index in [1.165, 1.54) is 22.7 Å². The fourth-order valence-corrected chi connectivity index (χ4v) is 3.65. The summed E-state index contributed by atoms with van der Waals surface area (Å²) in [5.74, 6) is 1.01. The van der Waals surface area contributed by atoms with Crippen LogP contribution in [0.3, 0.4) is 0 Å². The molecule has 0 spiro atoms. The quantitative estimate of drug-likeness (QED) is 0.554. The molecule has 3 aromatic rings. The molecule has 28 heavy (non-hydrogen) atoms. The number of carbonyl (C=O) groups is 1. The molecule has 0 N–H and O–H groups in total. The predicted octanol–water partition coefficient (Wildman–Crippen LogP) is 4.73. The minimum Gasteiger partial charge on any atom is -0.337 e. The molecule has 0 saturated heterocycles. The Labute approximate surface area is 171 Å². The van der Waals surface area contributed by atoms with Crippen LogP contribution >= 0.6 is 23.4 Å². The van der Waals surface area contributed by atoms with Crippen molar-refractivity contribution < 1.29 is 13.7 Å². The minimum atomic E-state index is -0.365. The zero-order valence-electron chi connectivity index (χ0n) is 15.5. The molecule has 1 aromatic heterocycles. The Kier molecular flexibility index (Phi) is 6.70. The second-order valence-electron chi connectivity index (χ2n) is 6.30. The molecule has 0 unspecified atom stereocenters. The lowest BCUT2D eigenvalue weighted by molar-refractivity contribution is -0.127. The topological polar surface area (TPSA) is 59.2 Å². The highest BCUT2D eigenvalue weighted by Gasteiger charge is 2.16. The smallest absolute Gasteiger partial charge is 0.246 e. The Bertz CT molecular complexity index is 980. The van der Waals surface area contributed by atoms with E-state index < -0.39 is 0 Å². The Hall–Kier alpha value is -2.38. The van der Waals surface area contributed by atoms with Gasteiger partial charge in [0, 0.05) is 23.4 Å². The number of thioether (sulfide) groups is 1. The average Bonchev–Trinajstić information content (AvgIpc) is 3.12.